The van der Waals surface area contributed by atoms with Crippen LogP contribution >= 0.6 is 0 Å². The third-order valence-corrected chi connectivity index (χ3v) is 10.8. The zero-order valence-corrected chi connectivity index (χ0v) is 22.4. The molecule has 2 saturated heterocycles. The number of allylic oxidation sites excluding steroid dienone is 2. The van der Waals surface area contributed by atoms with Crippen LogP contribution in [0.15, 0.2) is 35.6 Å². The third-order valence-electron chi connectivity index (χ3n) is 10.8. The Hall–Kier alpha value is -1.02. The molecule has 1 saturated carbocycles. The minimum atomic E-state index is 0.230. The molecule has 184 valence electrons. The van der Waals surface area contributed by atoms with Crippen molar-refractivity contribution in [2.24, 2.45) is 35.0 Å². The van der Waals surface area contributed by atoms with Gasteiger partial charge in [-0.25, -0.2) is 0 Å². The van der Waals surface area contributed by atoms with E-state index in [1.165, 1.54) is 56.3 Å². The van der Waals surface area contributed by atoms with E-state index in [0.717, 1.165) is 30.1 Å². The Morgan fingerprint density at radius 2 is 1.79 bits per heavy atom. The summed E-state index contributed by atoms with van der Waals surface area (Å²) in [6.07, 6.45) is 20.2. The fourth-order valence-corrected chi connectivity index (χ4v) is 8.70. The van der Waals surface area contributed by atoms with Gasteiger partial charge in [-0.2, -0.15) is 0 Å². The van der Waals surface area contributed by atoms with Gasteiger partial charge < -0.3 is 4.74 Å². The second-order valence-electron chi connectivity index (χ2n) is 13.3. The number of rotatable bonds is 3. The van der Waals surface area contributed by atoms with Crippen molar-refractivity contribution in [1.29, 1.82) is 0 Å². The summed E-state index contributed by atoms with van der Waals surface area (Å²) in [7, 11) is 0. The van der Waals surface area contributed by atoms with E-state index >= 15 is 0 Å². The molecule has 0 bridgehead atoms. The van der Waals surface area contributed by atoms with Crippen LogP contribution in [-0.2, 0) is 4.74 Å². The molecule has 2 heteroatoms. The fourth-order valence-electron chi connectivity index (χ4n) is 8.70. The summed E-state index contributed by atoms with van der Waals surface area (Å²) in [5.41, 5.74) is 2.16. The zero-order chi connectivity index (χ0) is 23.5. The summed E-state index contributed by atoms with van der Waals surface area (Å²) in [5.74, 6) is 5.23. The number of fused-ring (bicyclic) bond motifs is 5. The SMILES string of the molecule is CCC1(CC)C[C@H]2C(C)CC(C(C)(C)C)CC2C2CC=C3OC(C4=CCCC=C4)[C@@H](C)C3N21. The van der Waals surface area contributed by atoms with Gasteiger partial charge in [0.1, 0.15) is 11.9 Å². The first kappa shape index (κ1) is 23.7. The molecule has 0 spiro atoms. The summed E-state index contributed by atoms with van der Waals surface area (Å²) < 4.78 is 6.78. The highest BCUT2D eigenvalue weighted by Crippen LogP contribution is 2.58. The van der Waals surface area contributed by atoms with Crippen LogP contribution < -0.4 is 0 Å². The Morgan fingerprint density at radius 3 is 2.42 bits per heavy atom. The standard InChI is InChI=1S/C31H49NO/c1-8-31(9-2)19-25-20(3)17-23(30(5,6)7)18-24(25)26-15-16-27-28(32(26)31)21(4)29(33-27)22-13-11-10-12-14-22/h11,13-14,16,20-21,23-26,28-29H,8-10,12,15,17-19H2,1-7H3/t20?,21-,23?,24?,25-,26?,28?,29?/m0/s1. The maximum atomic E-state index is 6.78. The maximum Gasteiger partial charge on any atom is 0.127 e. The average molecular weight is 452 g/mol. The number of hydrogen-bond donors (Lipinski definition) is 0. The van der Waals surface area contributed by atoms with Crippen LogP contribution in [0.3, 0.4) is 0 Å². The molecule has 2 nitrogen and oxygen atoms in total. The largest absolute Gasteiger partial charge is 0.488 e. The van der Waals surface area contributed by atoms with E-state index in [0.29, 0.717) is 29.0 Å². The molecule has 0 radical (unpaired) electrons. The predicted molar refractivity (Wildman–Crippen MR) is 139 cm³/mol. The molecule has 0 N–H and O–H groups in total. The van der Waals surface area contributed by atoms with Crippen molar-refractivity contribution in [2.45, 2.75) is 124 Å². The Bertz CT molecular complexity index is 824. The van der Waals surface area contributed by atoms with Crippen LogP contribution in [0, 0.1) is 35.0 Å². The first-order valence-corrected chi connectivity index (χ1v) is 14.2. The van der Waals surface area contributed by atoms with Crippen LogP contribution in [0.1, 0.15) is 99.8 Å². The molecule has 6 unspecified atom stereocenters. The summed E-state index contributed by atoms with van der Waals surface area (Å²) in [6.45, 7) is 17.4. The van der Waals surface area contributed by atoms with Crippen LogP contribution in [0.5, 0.6) is 0 Å². The van der Waals surface area contributed by atoms with Crippen molar-refractivity contribution in [3.8, 4) is 0 Å². The van der Waals surface area contributed by atoms with Crippen LogP contribution in [0.25, 0.3) is 0 Å². The van der Waals surface area contributed by atoms with Crippen molar-refractivity contribution in [3.05, 3.63) is 35.6 Å². The van der Waals surface area contributed by atoms with Gasteiger partial charge in [0, 0.05) is 17.5 Å². The molecule has 3 aliphatic heterocycles. The number of piperidine rings is 1. The van der Waals surface area contributed by atoms with Crippen LogP contribution in [-0.4, -0.2) is 28.6 Å². The van der Waals surface area contributed by atoms with E-state index in [2.05, 4.69) is 77.7 Å². The van der Waals surface area contributed by atoms with Crippen molar-refractivity contribution in [1.82, 2.24) is 4.90 Å². The van der Waals surface area contributed by atoms with Gasteiger partial charge in [-0.15, -0.1) is 0 Å². The lowest BCUT2D eigenvalue weighted by Crippen LogP contribution is -2.68. The summed E-state index contributed by atoms with van der Waals surface area (Å²) >= 11 is 0. The van der Waals surface area contributed by atoms with Gasteiger partial charge >= 0.3 is 0 Å². The minimum absolute atomic E-state index is 0.230. The van der Waals surface area contributed by atoms with Gasteiger partial charge in [-0.3, -0.25) is 4.90 Å². The molecular formula is C31H49NO. The first-order valence-electron chi connectivity index (χ1n) is 14.2. The molecule has 5 rings (SSSR count). The Labute approximate surface area is 203 Å². The van der Waals surface area contributed by atoms with E-state index in [9.17, 15) is 0 Å². The molecule has 3 fully saturated rings. The minimum Gasteiger partial charge on any atom is -0.488 e. The second-order valence-corrected chi connectivity index (χ2v) is 13.3. The van der Waals surface area contributed by atoms with Crippen LogP contribution in [0.2, 0.25) is 0 Å². The average Bonchev–Trinajstić information content (AvgIpc) is 3.15. The van der Waals surface area contributed by atoms with E-state index in [1.54, 1.807) is 0 Å². The van der Waals surface area contributed by atoms with Gasteiger partial charge in [0.05, 0.1) is 6.04 Å². The van der Waals surface area contributed by atoms with E-state index < -0.39 is 0 Å². The topological polar surface area (TPSA) is 12.5 Å². The van der Waals surface area contributed by atoms with Crippen molar-refractivity contribution in [2.75, 3.05) is 0 Å². The number of nitrogens with zero attached hydrogens (tertiary/aromatic N) is 1. The van der Waals surface area contributed by atoms with Gasteiger partial charge in [0.2, 0.25) is 0 Å². The lowest BCUT2D eigenvalue weighted by molar-refractivity contribution is -0.133. The zero-order valence-electron chi connectivity index (χ0n) is 22.4. The van der Waals surface area contributed by atoms with Crippen LogP contribution in [0.4, 0.5) is 0 Å². The highest BCUT2D eigenvalue weighted by atomic mass is 16.5. The number of ether oxygens (including phenoxy) is 1. The van der Waals surface area contributed by atoms with E-state index in [4.69, 9.17) is 4.74 Å². The Kier molecular flexibility index (Phi) is 6.16. The third kappa shape index (κ3) is 3.78. The molecule has 2 aliphatic carbocycles. The number of hydrogen-bond acceptors (Lipinski definition) is 2. The lowest BCUT2D eigenvalue weighted by atomic mass is 9.54. The fraction of sp³-hybridized carbons (Fsp3) is 0.806. The molecule has 5 aliphatic rings. The highest BCUT2D eigenvalue weighted by Gasteiger charge is 2.59. The molecule has 8 atom stereocenters. The molecule has 0 aromatic carbocycles. The predicted octanol–water partition coefficient (Wildman–Crippen LogP) is 7.91. The maximum absolute atomic E-state index is 6.78. The highest BCUT2D eigenvalue weighted by molar-refractivity contribution is 5.33. The van der Waals surface area contributed by atoms with Gasteiger partial charge in [0.15, 0.2) is 0 Å². The molecule has 0 amide bonds. The van der Waals surface area contributed by atoms with E-state index in [1.807, 2.05) is 0 Å². The van der Waals surface area contributed by atoms with Gasteiger partial charge in [-0.1, -0.05) is 66.7 Å². The van der Waals surface area contributed by atoms with Crippen molar-refractivity contribution < 1.29 is 4.74 Å². The smallest absolute Gasteiger partial charge is 0.127 e. The Morgan fingerprint density at radius 1 is 1.03 bits per heavy atom. The summed E-state index contributed by atoms with van der Waals surface area (Å²) in [5, 5.41) is 0. The Balaban J connectivity index is 1.52. The molecule has 0 aromatic rings. The lowest BCUT2D eigenvalue weighted by Gasteiger charge is -2.63. The van der Waals surface area contributed by atoms with Gasteiger partial charge in [0.25, 0.3) is 0 Å². The van der Waals surface area contributed by atoms with Gasteiger partial charge in [-0.05, 0) is 92.1 Å². The van der Waals surface area contributed by atoms with Crippen molar-refractivity contribution in [3.63, 3.8) is 0 Å². The molecular weight excluding hydrogens is 402 g/mol. The van der Waals surface area contributed by atoms with Crippen molar-refractivity contribution >= 4 is 0 Å². The molecule has 3 heterocycles. The molecule has 33 heavy (non-hydrogen) atoms. The first-order chi connectivity index (χ1) is 15.7. The quantitative estimate of drug-likeness (QED) is 0.432. The normalized spacial score (nSPS) is 42.5. The second kappa shape index (κ2) is 8.58. The van der Waals surface area contributed by atoms with E-state index in [-0.39, 0.29) is 6.10 Å². The molecule has 0 aromatic heterocycles. The summed E-state index contributed by atoms with van der Waals surface area (Å²) in [4.78, 5) is 3.07. The summed E-state index contributed by atoms with van der Waals surface area (Å²) in [6, 6.07) is 1.14. The monoisotopic (exact) mass is 451 g/mol.